The number of carbonyl (C=O) groups excluding carboxylic acids is 2. The van der Waals surface area contributed by atoms with Gasteiger partial charge < -0.3 is 10.1 Å². The largest absolute Gasteiger partial charge is 0.454 e. The predicted octanol–water partition coefficient (Wildman–Crippen LogP) is 3.54. The lowest BCUT2D eigenvalue weighted by Gasteiger charge is -2.17. The van der Waals surface area contributed by atoms with Crippen molar-refractivity contribution in [1.29, 1.82) is 0 Å². The van der Waals surface area contributed by atoms with Gasteiger partial charge in [0.2, 0.25) is 10.0 Å². The summed E-state index contributed by atoms with van der Waals surface area (Å²) in [7, 11) is -3.97. The van der Waals surface area contributed by atoms with Gasteiger partial charge in [-0.2, -0.15) is 16.5 Å². The standard InChI is InChI=1S/C21H25ClN2O5S2/c1-14-4-5-15(2)19(12-14)23-20(25)13-29-21(26)18(10-11-30-3)24-31(27,28)17-8-6-16(22)7-9-17/h4-9,12,18,24H,10-11,13H2,1-3H3,(H,23,25). The van der Waals surface area contributed by atoms with Gasteiger partial charge in [-0.3, -0.25) is 9.59 Å². The number of ether oxygens (including phenoxy) is 1. The number of aryl methyl sites for hydroxylation is 2. The molecule has 10 heteroatoms. The number of anilines is 1. The van der Waals surface area contributed by atoms with Crippen LogP contribution >= 0.6 is 23.4 Å². The molecule has 0 saturated carbocycles. The quantitative estimate of drug-likeness (QED) is 0.500. The second kappa shape index (κ2) is 11.5. The van der Waals surface area contributed by atoms with Crippen molar-refractivity contribution in [2.45, 2.75) is 31.2 Å². The van der Waals surface area contributed by atoms with E-state index in [1.807, 2.05) is 38.3 Å². The molecule has 0 radical (unpaired) electrons. The first kappa shape index (κ1) is 25.2. The maximum absolute atomic E-state index is 12.6. The number of halogens is 1. The number of carbonyl (C=O) groups is 2. The second-order valence-electron chi connectivity index (χ2n) is 6.88. The molecule has 0 aliphatic heterocycles. The molecule has 7 nitrogen and oxygen atoms in total. The molecule has 1 atom stereocenters. The number of benzene rings is 2. The Morgan fingerprint density at radius 1 is 1.13 bits per heavy atom. The van der Waals surface area contributed by atoms with Crippen molar-refractivity contribution in [1.82, 2.24) is 4.72 Å². The van der Waals surface area contributed by atoms with Crippen LogP contribution in [0.4, 0.5) is 5.69 Å². The summed E-state index contributed by atoms with van der Waals surface area (Å²) in [6.07, 6.45) is 2.05. The molecule has 0 bridgehead atoms. The number of esters is 1. The number of hydrogen-bond donors (Lipinski definition) is 2. The zero-order valence-electron chi connectivity index (χ0n) is 17.5. The summed E-state index contributed by atoms with van der Waals surface area (Å²) in [5.74, 6) is -0.800. The zero-order chi connectivity index (χ0) is 23.0. The number of rotatable bonds is 10. The Bertz CT molecular complexity index is 1030. The Balaban J connectivity index is 2.02. The second-order valence-corrected chi connectivity index (χ2v) is 10.0. The molecule has 2 N–H and O–H groups in total. The average molecular weight is 485 g/mol. The monoisotopic (exact) mass is 484 g/mol. The van der Waals surface area contributed by atoms with Gasteiger partial charge in [-0.1, -0.05) is 23.7 Å². The summed E-state index contributed by atoms with van der Waals surface area (Å²) in [6, 6.07) is 10.1. The van der Waals surface area contributed by atoms with E-state index in [2.05, 4.69) is 10.0 Å². The molecule has 0 heterocycles. The van der Waals surface area contributed by atoms with Crippen LogP contribution in [0.2, 0.25) is 5.02 Å². The Kier molecular flexibility index (Phi) is 9.36. The van der Waals surface area contributed by atoms with Crippen LogP contribution in [0, 0.1) is 13.8 Å². The van der Waals surface area contributed by atoms with Crippen molar-refractivity contribution in [3.05, 3.63) is 58.6 Å². The van der Waals surface area contributed by atoms with E-state index in [4.69, 9.17) is 16.3 Å². The molecule has 1 unspecified atom stereocenters. The van der Waals surface area contributed by atoms with E-state index >= 15 is 0 Å². The molecule has 31 heavy (non-hydrogen) atoms. The highest BCUT2D eigenvalue weighted by atomic mass is 35.5. The van der Waals surface area contributed by atoms with Crippen LogP contribution in [0.5, 0.6) is 0 Å². The van der Waals surface area contributed by atoms with Gasteiger partial charge in [0.25, 0.3) is 5.91 Å². The van der Waals surface area contributed by atoms with Crippen LogP contribution < -0.4 is 10.0 Å². The van der Waals surface area contributed by atoms with Gasteiger partial charge in [0.05, 0.1) is 4.90 Å². The van der Waals surface area contributed by atoms with Crippen LogP contribution in [0.1, 0.15) is 17.5 Å². The predicted molar refractivity (Wildman–Crippen MR) is 124 cm³/mol. The zero-order valence-corrected chi connectivity index (χ0v) is 19.9. The SMILES string of the molecule is CSCCC(NS(=O)(=O)c1ccc(Cl)cc1)C(=O)OCC(=O)Nc1cc(C)ccc1C. The van der Waals surface area contributed by atoms with E-state index < -0.39 is 34.5 Å². The molecule has 0 aromatic heterocycles. The van der Waals surface area contributed by atoms with E-state index in [1.165, 1.54) is 36.0 Å². The minimum atomic E-state index is -3.97. The average Bonchev–Trinajstić information content (AvgIpc) is 2.72. The fourth-order valence-electron chi connectivity index (χ4n) is 2.62. The lowest BCUT2D eigenvalue weighted by Crippen LogP contribution is -2.43. The third-order valence-electron chi connectivity index (χ3n) is 4.33. The molecule has 0 saturated heterocycles. The summed E-state index contributed by atoms with van der Waals surface area (Å²) in [5.41, 5.74) is 2.48. The molecule has 0 spiro atoms. The summed E-state index contributed by atoms with van der Waals surface area (Å²) in [5, 5.41) is 3.09. The maximum Gasteiger partial charge on any atom is 0.324 e. The van der Waals surface area contributed by atoms with Crippen molar-refractivity contribution in [3.8, 4) is 0 Å². The minimum Gasteiger partial charge on any atom is -0.454 e. The number of sulfonamides is 1. The van der Waals surface area contributed by atoms with E-state index in [1.54, 1.807) is 0 Å². The van der Waals surface area contributed by atoms with Gasteiger partial charge in [-0.25, -0.2) is 8.42 Å². The maximum atomic E-state index is 12.6. The van der Waals surface area contributed by atoms with E-state index in [9.17, 15) is 18.0 Å². The lowest BCUT2D eigenvalue weighted by molar-refractivity contribution is -0.149. The first-order chi connectivity index (χ1) is 14.6. The Hall–Kier alpha value is -2.07. The highest BCUT2D eigenvalue weighted by Crippen LogP contribution is 2.17. The van der Waals surface area contributed by atoms with Gasteiger partial charge in [-0.05, 0) is 73.7 Å². The topological polar surface area (TPSA) is 102 Å². The lowest BCUT2D eigenvalue weighted by atomic mass is 10.1. The first-order valence-corrected chi connectivity index (χ1v) is 12.7. The third kappa shape index (κ3) is 7.84. The highest BCUT2D eigenvalue weighted by Gasteiger charge is 2.27. The number of thioether (sulfide) groups is 1. The molecule has 1 amide bonds. The van der Waals surface area contributed by atoms with Crippen LogP contribution in [-0.4, -0.2) is 45.0 Å². The molecule has 0 fully saturated rings. The van der Waals surface area contributed by atoms with E-state index in [0.717, 1.165) is 11.1 Å². The summed E-state index contributed by atoms with van der Waals surface area (Å²) in [4.78, 5) is 24.7. The first-order valence-electron chi connectivity index (χ1n) is 9.43. The Morgan fingerprint density at radius 3 is 2.45 bits per heavy atom. The number of amides is 1. The summed E-state index contributed by atoms with van der Waals surface area (Å²) >= 11 is 7.26. The Morgan fingerprint density at radius 2 is 1.81 bits per heavy atom. The summed E-state index contributed by atoms with van der Waals surface area (Å²) < 4.78 is 32.7. The molecule has 2 aromatic rings. The van der Waals surface area contributed by atoms with Crippen LogP contribution in [-0.2, 0) is 24.3 Å². The van der Waals surface area contributed by atoms with Crippen molar-refractivity contribution in [3.63, 3.8) is 0 Å². The fraction of sp³-hybridized carbons (Fsp3) is 0.333. The Labute approximate surface area is 191 Å². The van der Waals surface area contributed by atoms with Gasteiger partial charge in [0.15, 0.2) is 6.61 Å². The molecule has 2 aromatic carbocycles. The smallest absolute Gasteiger partial charge is 0.324 e. The number of nitrogens with one attached hydrogen (secondary N) is 2. The number of hydrogen-bond acceptors (Lipinski definition) is 6. The molecule has 2 rings (SSSR count). The van der Waals surface area contributed by atoms with E-state index in [-0.39, 0.29) is 11.3 Å². The van der Waals surface area contributed by atoms with Gasteiger partial charge in [-0.15, -0.1) is 0 Å². The van der Waals surface area contributed by atoms with Crippen LogP contribution in [0.15, 0.2) is 47.4 Å². The normalized spacial score (nSPS) is 12.3. The molecular weight excluding hydrogens is 460 g/mol. The highest BCUT2D eigenvalue weighted by molar-refractivity contribution is 7.98. The van der Waals surface area contributed by atoms with Crippen molar-refractivity contribution < 1.29 is 22.7 Å². The minimum absolute atomic E-state index is 0.0217. The van der Waals surface area contributed by atoms with Crippen molar-refractivity contribution >= 4 is 50.9 Å². The van der Waals surface area contributed by atoms with E-state index in [0.29, 0.717) is 16.5 Å². The fourth-order valence-corrected chi connectivity index (χ4v) is 4.44. The third-order valence-corrected chi connectivity index (χ3v) is 6.71. The van der Waals surface area contributed by atoms with Gasteiger partial charge in [0.1, 0.15) is 6.04 Å². The molecule has 0 aliphatic carbocycles. The van der Waals surface area contributed by atoms with Crippen LogP contribution in [0.3, 0.4) is 0 Å². The summed E-state index contributed by atoms with van der Waals surface area (Å²) in [6.45, 7) is 3.23. The van der Waals surface area contributed by atoms with Gasteiger partial charge >= 0.3 is 5.97 Å². The molecular formula is C21H25ClN2O5S2. The van der Waals surface area contributed by atoms with Gasteiger partial charge in [0, 0.05) is 10.7 Å². The van der Waals surface area contributed by atoms with Crippen LogP contribution in [0.25, 0.3) is 0 Å². The van der Waals surface area contributed by atoms with Crippen molar-refractivity contribution in [2.75, 3.05) is 23.9 Å². The van der Waals surface area contributed by atoms with Crippen molar-refractivity contribution in [2.24, 2.45) is 0 Å². The molecule has 168 valence electrons. The molecule has 0 aliphatic rings.